The van der Waals surface area contributed by atoms with Gasteiger partial charge in [0.1, 0.15) is 12.5 Å². The van der Waals surface area contributed by atoms with E-state index in [9.17, 15) is 19.2 Å². The summed E-state index contributed by atoms with van der Waals surface area (Å²) in [6.45, 7) is 1.41. The monoisotopic (exact) mass is 213 g/mol. The van der Waals surface area contributed by atoms with Crippen LogP contribution in [0.15, 0.2) is 0 Å². The summed E-state index contributed by atoms with van der Waals surface area (Å²) in [5, 5.41) is 4.28. The number of rotatable bonds is 2. The second-order valence-electron chi connectivity index (χ2n) is 3.08. The van der Waals surface area contributed by atoms with Crippen LogP contribution in [0.2, 0.25) is 0 Å². The van der Waals surface area contributed by atoms with E-state index in [1.807, 2.05) is 5.32 Å². The topological polar surface area (TPSA) is 95.6 Å². The quantitative estimate of drug-likeness (QED) is 0.551. The van der Waals surface area contributed by atoms with Gasteiger partial charge in [-0.1, -0.05) is 0 Å². The lowest BCUT2D eigenvalue weighted by Crippen LogP contribution is -2.59. The van der Waals surface area contributed by atoms with Crippen LogP contribution in [0.4, 0.5) is 4.79 Å². The van der Waals surface area contributed by atoms with Crippen LogP contribution >= 0.6 is 0 Å². The molecule has 1 heterocycles. The molecule has 15 heavy (non-hydrogen) atoms. The second-order valence-corrected chi connectivity index (χ2v) is 3.08. The van der Waals surface area contributed by atoms with Gasteiger partial charge in [0.25, 0.3) is 0 Å². The number of imide groups is 2. The number of hydrogen-bond acceptors (Lipinski definition) is 4. The number of hydrogen-bond donors (Lipinski definition) is 2. The summed E-state index contributed by atoms with van der Waals surface area (Å²) in [7, 11) is 1.40. The number of urea groups is 1. The molecular weight excluding hydrogens is 202 g/mol. The van der Waals surface area contributed by atoms with Crippen LogP contribution in [0.25, 0.3) is 0 Å². The zero-order valence-corrected chi connectivity index (χ0v) is 8.36. The molecule has 0 bridgehead atoms. The predicted molar refractivity (Wildman–Crippen MR) is 48.5 cm³/mol. The molecule has 1 fully saturated rings. The fourth-order valence-corrected chi connectivity index (χ4v) is 1.28. The van der Waals surface area contributed by atoms with Crippen LogP contribution in [0, 0.1) is 0 Å². The molecule has 1 rings (SSSR count). The van der Waals surface area contributed by atoms with Gasteiger partial charge in [-0.15, -0.1) is 0 Å². The Hall–Kier alpha value is -1.92. The van der Waals surface area contributed by atoms with Gasteiger partial charge < -0.3 is 5.32 Å². The second kappa shape index (κ2) is 4.07. The van der Waals surface area contributed by atoms with E-state index in [0.29, 0.717) is 0 Å². The number of likely N-dealkylation sites (N-methyl/N-ethyl adjacent to an activating group) is 1. The standard InChI is InChI=1S/C8H11N3O4/c1-4(7(14)9-2)11-6(13)3-5(12)10-8(11)15/h4H,3H2,1-2H3,(H,9,14)(H,10,12,15). The van der Waals surface area contributed by atoms with Crippen molar-refractivity contribution in [1.29, 1.82) is 0 Å². The first kappa shape index (κ1) is 11.2. The molecule has 7 heteroatoms. The molecule has 5 amide bonds. The molecule has 0 aromatic rings. The summed E-state index contributed by atoms with van der Waals surface area (Å²) in [4.78, 5) is 45.4. The van der Waals surface area contributed by atoms with E-state index >= 15 is 0 Å². The molecule has 0 saturated carbocycles. The number of carbonyl (C=O) groups excluding carboxylic acids is 4. The zero-order valence-electron chi connectivity index (χ0n) is 8.36. The fraction of sp³-hybridized carbons (Fsp3) is 0.500. The highest BCUT2D eigenvalue weighted by Crippen LogP contribution is 2.07. The van der Waals surface area contributed by atoms with Crippen LogP contribution in [0.1, 0.15) is 13.3 Å². The molecule has 1 aliphatic heterocycles. The van der Waals surface area contributed by atoms with Crippen LogP contribution in [-0.2, 0) is 14.4 Å². The molecule has 0 spiro atoms. The van der Waals surface area contributed by atoms with Crippen molar-refractivity contribution in [3.05, 3.63) is 0 Å². The van der Waals surface area contributed by atoms with E-state index in [4.69, 9.17) is 0 Å². The van der Waals surface area contributed by atoms with Gasteiger partial charge in [-0.2, -0.15) is 0 Å². The van der Waals surface area contributed by atoms with Crippen molar-refractivity contribution < 1.29 is 19.2 Å². The lowest BCUT2D eigenvalue weighted by atomic mass is 10.2. The lowest BCUT2D eigenvalue weighted by Gasteiger charge is -2.28. The molecule has 1 aliphatic rings. The van der Waals surface area contributed by atoms with Gasteiger partial charge in [0.2, 0.25) is 17.7 Å². The molecular formula is C8H11N3O4. The van der Waals surface area contributed by atoms with Gasteiger partial charge in [-0.3, -0.25) is 24.6 Å². The first-order valence-corrected chi connectivity index (χ1v) is 4.35. The summed E-state index contributed by atoms with van der Waals surface area (Å²) in [6, 6.07) is -1.78. The third-order valence-electron chi connectivity index (χ3n) is 2.06. The molecule has 0 aromatic carbocycles. The first-order valence-electron chi connectivity index (χ1n) is 4.35. The van der Waals surface area contributed by atoms with Gasteiger partial charge in [-0.05, 0) is 6.92 Å². The average molecular weight is 213 g/mol. The summed E-state index contributed by atoms with van der Waals surface area (Å²) in [5.74, 6) is -1.78. The summed E-state index contributed by atoms with van der Waals surface area (Å²) in [5.41, 5.74) is 0. The van der Waals surface area contributed by atoms with Crippen molar-refractivity contribution in [2.24, 2.45) is 0 Å². The van der Waals surface area contributed by atoms with E-state index in [1.54, 1.807) is 0 Å². The Morgan fingerprint density at radius 1 is 1.47 bits per heavy atom. The maximum Gasteiger partial charge on any atom is 0.331 e. The molecule has 2 N–H and O–H groups in total. The Balaban J connectivity index is 2.84. The van der Waals surface area contributed by atoms with Crippen LogP contribution in [0.5, 0.6) is 0 Å². The largest absolute Gasteiger partial charge is 0.357 e. The maximum absolute atomic E-state index is 11.3. The van der Waals surface area contributed by atoms with E-state index in [2.05, 4.69) is 5.32 Å². The minimum Gasteiger partial charge on any atom is -0.357 e. The number of carbonyl (C=O) groups is 4. The van der Waals surface area contributed by atoms with Crippen LogP contribution < -0.4 is 10.6 Å². The molecule has 0 aliphatic carbocycles. The molecule has 0 radical (unpaired) electrons. The Morgan fingerprint density at radius 3 is 2.53 bits per heavy atom. The predicted octanol–water partition coefficient (Wildman–Crippen LogP) is -1.41. The van der Waals surface area contributed by atoms with E-state index in [0.717, 1.165) is 4.90 Å². The third-order valence-corrected chi connectivity index (χ3v) is 2.06. The maximum atomic E-state index is 11.3. The summed E-state index contributed by atoms with van der Waals surface area (Å²) >= 11 is 0. The minimum absolute atomic E-state index is 0.410. The fourth-order valence-electron chi connectivity index (χ4n) is 1.28. The van der Waals surface area contributed by atoms with E-state index < -0.39 is 36.2 Å². The van der Waals surface area contributed by atoms with E-state index in [1.165, 1.54) is 14.0 Å². The molecule has 0 aromatic heterocycles. The Morgan fingerprint density at radius 2 is 2.07 bits per heavy atom. The van der Waals surface area contributed by atoms with Crippen molar-refractivity contribution >= 4 is 23.8 Å². The van der Waals surface area contributed by atoms with Crippen LogP contribution in [0.3, 0.4) is 0 Å². The van der Waals surface area contributed by atoms with Gasteiger partial charge >= 0.3 is 6.03 Å². The minimum atomic E-state index is -0.921. The molecule has 1 saturated heterocycles. The lowest BCUT2D eigenvalue weighted by molar-refractivity contribution is -0.141. The molecule has 1 unspecified atom stereocenters. The Kier molecular flexibility index (Phi) is 3.03. The first-order chi connectivity index (χ1) is 6.97. The number of barbiturate groups is 1. The third kappa shape index (κ3) is 2.12. The molecule has 1 atom stereocenters. The molecule has 82 valence electrons. The van der Waals surface area contributed by atoms with Gasteiger partial charge in [0.15, 0.2) is 0 Å². The van der Waals surface area contributed by atoms with Crippen LogP contribution in [-0.4, -0.2) is 41.7 Å². The zero-order chi connectivity index (χ0) is 11.6. The number of nitrogens with one attached hydrogen (secondary N) is 2. The van der Waals surface area contributed by atoms with Crippen molar-refractivity contribution in [2.45, 2.75) is 19.4 Å². The highest BCUT2D eigenvalue weighted by Gasteiger charge is 2.36. The Bertz CT molecular complexity index is 319. The van der Waals surface area contributed by atoms with Crippen molar-refractivity contribution in [3.63, 3.8) is 0 Å². The van der Waals surface area contributed by atoms with Gasteiger partial charge in [-0.25, -0.2) is 4.79 Å². The smallest absolute Gasteiger partial charge is 0.331 e. The number of amides is 5. The average Bonchev–Trinajstić information content (AvgIpc) is 2.14. The van der Waals surface area contributed by atoms with E-state index in [-0.39, 0.29) is 0 Å². The van der Waals surface area contributed by atoms with Crippen molar-refractivity contribution in [1.82, 2.24) is 15.5 Å². The molecule has 7 nitrogen and oxygen atoms in total. The normalized spacial score (nSPS) is 18.5. The van der Waals surface area contributed by atoms with Gasteiger partial charge in [0.05, 0.1) is 0 Å². The van der Waals surface area contributed by atoms with Gasteiger partial charge in [0, 0.05) is 7.05 Å². The highest BCUT2D eigenvalue weighted by atomic mass is 16.2. The Labute approximate surface area is 85.8 Å². The number of nitrogens with zero attached hydrogens (tertiary/aromatic N) is 1. The highest BCUT2D eigenvalue weighted by molar-refractivity contribution is 6.15. The van der Waals surface area contributed by atoms with Crippen molar-refractivity contribution in [3.8, 4) is 0 Å². The summed E-state index contributed by atoms with van der Waals surface area (Å²) < 4.78 is 0. The summed E-state index contributed by atoms with van der Waals surface area (Å²) in [6.07, 6.45) is -0.410. The van der Waals surface area contributed by atoms with Crippen molar-refractivity contribution in [2.75, 3.05) is 7.05 Å². The SMILES string of the molecule is CNC(=O)C(C)N1C(=O)CC(=O)NC1=O.